The van der Waals surface area contributed by atoms with Crippen molar-refractivity contribution in [3.8, 4) is 0 Å². The lowest BCUT2D eigenvalue weighted by Crippen LogP contribution is -2.29. The molecule has 0 unspecified atom stereocenters. The summed E-state index contributed by atoms with van der Waals surface area (Å²) < 4.78 is 0. The van der Waals surface area contributed by atoms with Crippen molar-refractivity contribution in [3.63, 3.8) is 0 Å². The van der Waals surface area contributed by atoms with Crippen molar-refractivity contribution in [3.05, 3.63) is 0 Å². The van der Waals surface area contributed by atoms with Gasteiger partial charge in [-0.2, -0.15) is 0 Å². The van der Waals surface area contributed by atoms with E-state index < -0.39 is 0 Å². The lowest BCUT2D eigenvalue weighted by atomic mass is 10.2. The van der Waals surface area contributed by atoms with Crippen LogP contribution in [0.4, 0.5) is 0 Å². The molecule has 0 saturated carbocycles. The molecule has 0 spiro atoms. The van der Waals surface area contributed by atoms with Gasteiger partial charge in [0.05, 0.1) is 0 Å². The van der Waals surface area contributed by atoms with Gasteiger partial charge in [-0.3, -0.25) is 4.79 Å². The molecule has 2 heteroatoms. The average molecular weight is 141 g/mol. The molecule has 0 aromatic rings. The minimum absolute atomic E-state index is 0.347. The standard InChI is InChI=1S/C8H15NO/c1-2-9-7-5-3-4-6-8(9)10/h2-7H2,1H3. The second kappa shape index (κ2) is 3.59. The molecular weight excluding hydrogens is 126 g/mol. The fourth-order valence-electron chi connectivity index (χ4n) is 1.37. The SMILES string of the molecule is CCN1CCCCCC1=O. The molecule has 0 aromatic carbocycles. The Morgan fingerprint density at radius 2 is 2.20 bits per heavy atom. The van der Waals surface area contributed by atoms with Crippen LogP contribution < -0.4 is 0 Å². The van der Waals surface area contributed by atoms with Gasteiger partial charge < -0.3 is 4.90 Å². The Morgan fingerprint density at radius 1 is 1.40 bits per heavy atom. The number of likely N-dealkylation sites (tertiary alicyclic amines) is 1. The molecule has 1 amide bonds. The van der Waals surface area contributed by atoms with E-state index in [0.29, 0.717) is 5.91 Å². The summed E-state index contributed by atoms with van der Waals surface area (Å²) in [4.78, 5) is 13.1. The van der Waals surface area contributed by atoms with Crippen LogP contribution in [0, 0.1) is 0 Å². The zero-order valence-corrected chi connectivity index (χ0v) is 6.60. The molecule has 0 atom stereocenters. The van der Waals surface area contributed by atoms with E-state index in [1.54, 1.807) is 0 Å². The van der Waals surface area contributed by atoms with E-state index >= 15 is 0 Å². The number of rotatable bonds is 1. The van der Waals surface area contributed by atoms with Crippen LogP contribution >= 0.6 is 0 Å². The van der Waals surface area contributed by atoms with Crippen molar-refractivity contribution in [1.82, 2.24) is 4.90 Å². The summed E-state index contributed by atoms with van der Waals surface area (Å²) in [6.45, 7) is 3.91. The minimum atomic E-state index is 0.347. The molecule has 1 saturated heterocycles. The molecule has 0 aliphatic carbocycles. The molecule has 10 heavy (non-hydrogen) atoms. The first kappa shape index (κ1) is 7.58. The van der Waals surface area contributed by atoms with E-state index in [9.17, 15) is 4.79 Å². The normalized spacial score (nSPS) is 20.9. The highest BCUT2D eigenvalue weighted by atomic mass is 16.2. The van der Waals surface area contributed by atoms with E-state index in [1.807, 2.05) is 11.8 Å². The first-order valence-corrected chi connectivity index (χ1v) is 4.12. The summed E-state index contributed by atoms with van der Waals surface area (Å²) in [6, 6.07) is 0. The summed E-state index contributed by atoms with van der Waals surface area (Å²) >= 11 is 0. The maximum Gasteiger partial charge on any atom is 0.222 e. The predicted molar refractivity (Wildman–Crippen MR) is 40.7 cm³/mol. The largest absolute Gasteiger partial charge is 0.343 e. The lowest BCUT2D eigenvalue weighted by molar-refractivity contribution is -0.130. The van der Waals surface area contributed by atoms with E-state index in [4.69, 9.17) is 0 Å². The molecule has 2 nitrogen and oxygen atoms in total. The molecule has 0 radical (unpaired) electrons. The van der Waals surface area contributed by atoms with Crippen molar-refractivity contribution in [2.45, 2.75) is 32.6 Å². The second-order valence-corrected chi connectivity index (χ2v) is 2.78. The molecule has 1 aliphatic rings. The average Bonchev–Trinajstić information content (AvgIpc) is 2.13. The van der Waals surface area contributed by atoms with Gasteiger partial charge in [0.2, 0.25) is 5.91 Å². The van der Waals surface area contributed by atoms with E-state index in [2.05, 4.69) is 0 Å². The zero-order chi connectivity index (χ0) is 7.40. The Bertz CT molecular complexity index is 122. The summed E-state index contributed by atoms with van der Waals surface area (Å²) in [5.41, 5.74) is 0. The quantitative estimate of drug-likeness (QED) is 0.540. The van der Waals surface area contributed by atoms with Crippen molar-refractivity contribution in [2.24, 2.45) is 0 Å². The first-order chi connectivity index (χ1) is 4.84. The highest BCUT2D eigenvalue weighted by Crippen LogP contribution is 2.09. The van der Waals surface area contributed by atoms with Crippen LogP contribution in [0.1, 0.15) is 32.6 Å². The summed E-state index contributed by atoms with van der Waals surface area (Å²) in [5, 5.41) is 0. The van der Waals surface area contributed by atoms with E-state index in [0.717, 1.165) is 25.9 Å². The van der Waals surface area contributed by atoms with Gasteiger partial charge in [-0.25, -0.2) is 0 Å². The van der Waals surface area contributed by atoms with Crippen molar-refractivity contribution < 1.29 is 4.79 Å². The van der Waals surface area contributed by atoms with Gasteiger partial charge in [-0.05, 0) is 19.8 Å². The van der Waals surface area contributed by atoms with Crippen molar-refractivity contribution in [1.29, 1.82) is 0 Å². The molecule has 1 rings (SSSR count). The monoisotopic (exact) mass is 141 g/mol. The fraction of sp³-hybridized carbons (Fsp3) is 0.875. The van der Waals surface area contributed by atoms with Crippen molar-refractivity contribution in [2.75, 3.05) is 13.1 Å². The highest BCUT2D eigenvalue weighted by molar-refractivity contribution is 5.76. The summed E-state index contributed by atoms with van der Waals surface area (Å²) in [7, 11) is 0. The topological polar surface area (TPSA) is 20.3 Å². The van der Waals surface area contributed by atoms with Gasteiger partial charge in [0.25, 0.3) is 0 Å². The molecule has 0 bridgehead atoms. The summed E-state index contributed by atoms with van der Waals surface area (Å²) in [6.07, 6.45) is 4.28. The summed E-state index contributed by atoms with van der Waals surface area (Å²) in [5.74, 6) is 0.347. The van der Waals surface area contributed by atoms with Crippen LogP contribution in [0.3, 0.4) is 0 Å². The third-order valence-electron chi connectivity index (χ3n) is 2.05. The Morgan fingerprint density at radius 3 is 2.90 bits per heavy atom. The first-order valence-electron chi connectivity index (χ1n) is 4.12. The van der Waals surface area contributed by atoms with Gasteiger partial charge in [-0.15, -0.1) is 0 Å². The number of carbonyl (C=O) groups is 1. The Labute approximate surface area is 62.2 Å². The third kappa shape index (κ3) is 1.72. The molecule has 0 aromatic heterocycles. The number of hydrogen-bond donors (Lipinski definition) is 0. The Hall–Kier alpha value is -0.530. The third-order valence-corrected chi connectivity index (χ3v) is 2.05. The van der Waals surface area contributed by atoms with E-state index in [1.165, 1.54) is 12.8 Å². The molecule has 0 N–H and O–H groups in total. The number of nitrogens with zero attached hydrogens (tertiary/aromatic N) is 1. The zero-order valence-electron chi connectivity index (χ0n) is 6.60. The number of amides is 1. The minimum Gasteiger partial charge on any atom is -0.343 e. The van der Waals surface area contributed by atoms with E-state index in [-0.39, 0.29) is 0 Å². The highest BCUT2D eigenvalue weighted by Gasteiger charge is 2.13. The van der Waals surface area contributed by atoms with Crippen LogP contribution in [-0.4, -0.2) is 23.9 Å². The molecule has 1 heterocycles. The van der Waals surface area contributed by atoms with Crippen LogP contribution in [0.5, 0.6) is 0 Å². The lowest BCUT2D eigenvalue weighted by Gasteiger charge is -2.17. The predicted octanol–water partition coefficient (Wildman–Crippen LogP) is 1.41. The van der Waals surface area contributed by atoms with Crippen LogP contribution in [-0.2, 0) is 4.79 Å². The Balaban J connectivity index is 2.43. The molecule has 58 valence electrons. The molecule has 1 fully saturated rings. The Kier molecular flexibility index (Phi) is 2.72. The second-order valence-electron chi connectivity index (χ2n) is 2.78. The number of carbonyl (C=O) groups excluding carboxylic acids is 1. The van der Waals surface area contributed by atoms with Gasteiger partial charge in [-0.1, -0.05) is 6.42 Å². The van der Waals surface area contributed by atoms with Crippen LogP contribution in [0.25, 0.3) is 0 Å². The number of hydrogen-bond acceptors (Lipinski definition) is 1. The van der Waals surface area contributed by atoms with Gasteiger partial charge >= 0.3 is 0 Å². The maximum atomic E-state index is 11.2. The molecular formula is C8H15NO. The van der Waals surface area contributed by atoms with Gasteiger partial charge in [0.1, 0.15) is 0 Å². The van der Waals surface area contributed by atoms with Gasteiger partial charge in [0.15, 0.2) is 0 Å². The van der Waals surface area contributed by atoms with Crippen LogP contribution in [0.15, 0.2) is 0 Å². The smallest absolute Gasteiger partial charge is 0.222 e. The maximum absolute atomic E-state index is 11.2. The van der Waals surface area contributed by atoms with Crippen LogP contribution in [0.2, 0.25) is 0 Å². The van der Waals surface area contributed by atoms with Crippen molar-refractivity contribution >= 4 is 5.91 Å². The van der Waals surface area contributed by atoms with Gasteiger partial charge in [0, 0.05) is 19.5 Å². The molecule has 1 aliphatic heterocycles. The fourth-order valence-corrected chi connectivity index (χ4v) is 1.37.